The molecule has 0 amide bonds. The van der Waals surface area contributed by atoms with E-state index in [0.29, 0.717) is 5.52 Å². The highest BCUT2D eigenvalue weighted by molar-refractivity contribution is 6.32. The van der Waals surface area contributed by atoms with E-state index in [1.54, 1.807) is 24.4 Å². The van der Waals surface area contributed by atoms with Crippen molar-refractivity contribution in [2.75, 3.05) is 0 Å². The quantitative estimate of drug-likeness (QED) is 0.755. The molecule has 2 rings (SSSR count). The average Bonchev–Trinajstić information content (AvgIpc) is 2.45. The van der Waals surface area contributed by atoms with Crippen molar-refractivity contribution in [1.29, 1.82) is 0 Å². The lowest BCUT2D eigenvalue weighted by Crippen LogP contribution is -2.02. The van der Waals surface area contributed by atoms with Gasteiger partial charge in [-0.3, -0.25) is 4.40 Å². The van der Waals surface area contributed by atoms with E-state index in [9.17, 15) is 4.79 Å². The summed E-state index contributed by atoms with van der Waals surface area (Å²) in [5.41, 5.74) is 0.599. The number of rotatable bonds is 1. The van der Waals surface area contributed by atoms with Crippen molar-refractivity contribution in [2.24, 2.45) is 0 Å². The first-order valence-electron chi connectivity index (χ1n) is 3.56. The number of imidazole rings is 1. The molecule has 1 N–H and O–H groups in total. The zero-order chi connectivity index (χ0) is 9.42. The second-order valence-electron chi connectivity index (χ2n) is 2.49. The fraction of sp³-hybridized carbons (Fsp3) is 0. The van der Waals surface area contributed by atoms with Gasteiger partial charge < -0.3 is 5.11 Å². The maximum absolute atomic E-state index is 10.7. The molecule has 0 aromatic carbocycles. The van der Waals surface area contributed by atoms with Crippen LogP contribution >= 0.6 is 11.6 Å². The third kappa shape index (κ3) is 1.15. The number of hydrogen-bond donors (Lipinski definition) is 1. The molecule has 2 aromatic heterocycles. The molecule has 0 aliphatic heterocycles. The summed E-state index contributed by atoms with van der Waals surface area (Å²) < 4.78 is 1.44. The second-order valence-corrected chi connectivity index (χ2v) is 2.85. The van der Waals surface area contributed by atoms with Gasteiger partial charge in [0.2, 0.25) is 5.82 Å². The number of halogens is 1. The van der Waals surface area contributed by atoms with Crippen molar-refractivity contribution in [3.05, 3.63) is 35.4 Å². The van der Waals surface area contributed by atoms with Crippen LogP contribution in [-0.4, -0.2) is 20.5 Å². The lowest BCUT2D eigenvalue weighted by molar-refractivity contribution is 0.0683. The summed E-state index contributed by atoms with van der Waals surface area (Å²) in [6, 6.07) is 5.20. The molecule has 0 bridgehead atoms. The van der Waals surface area contributed by atoms with Gasteiger partial charge in [-0.05, 0) is 12.1 Å². The Hall–Kier alpha value is -1.55. The van der Waals surface area contributed by atoms with Crippen molar-refractivity contribution in [2.45, 2.75) is 0 Å². The summed E-state index contributed by atoms with van der Waals surface area (Å²) in [5.74, 6) is -1.16. The summed E-state index contributed by atoms with van der Waals surface area (Å²) in [6.07, 6.45) is 1.61. The Balaban J connectivity index is 2.85. The first kappa shape index (κ1) is 8.07. The summed E-state index contributed by atoms with van der Waals surface area (Å²) in [7, 11) is 0. The molecular formula is C8H5ClN2O2. The zero-order valence-corrected chi connectivity index (χ0v) is 7.19. The molecule has 0 atom stereocenters. The third-order valence-electron chi connectivity index (χ3n) is 1.69. The predicted molar refractivity (Wildman–Crippen MR) is 47.2 cm³/mol. The van der Waals surface area contributed by atoms with Crippen LogP contribution in [0.3, 0.4) is 0 Å². The summed E-state index contributed by atoms with van der Waals surface area (Å²) in [6.45, 7) is 0. The molecule has 66 valence electrons. The molecule has 0 unspecified atom stereocenters. The SMILES string of the molecule is O=C(O)c1nc(Cl)c2ccccn12. The lowest BCUT2D eigenvalue weighted by atomic mass is 10.4. The smallest absolute Gasteiger partial charge is 0.372 e. The monoisotopic (exact) mass is 196 g/mol. The largest absolute Gasteiger partial charge is 0.475 e. The van der Waals surface area contributed by atoms with Gasteiger partial charge in [0.15, 0.2) is 5.15 Å². The Morgan fingerprint density at radius 3 is 3.00 bits per heavy atom. The van der Waals surface area contributed by atoms with E-state index in [1.807, 2.05) is 0 Å². The third-order valence-corrected chi connectivity index (χ3v) is 1.97. The van der Waals surface area contributed by atoms with Crippen LogP contribution < -0.4 is 0 Å². The molecule has 0 aliphatic rings. The Labute approximate surface area is 78.4 Å². The molecule has 0 spiro atoms. The van der Waals surface area contributed by atoms with Gasteiger partial charge in [-0.1, -0.05) is 17.7 Å². The highest BCUT2D eigenvalue weighted by Gasteiger charge is 2.13. The topological polar surface area (TPSA) is 54.6 Å². The van der Waals surface area contributed by atoms with Crippen molar-refractivity contribution >= 4 is 23.1 Å². The van der Waals surface area contributed by atoms with E-state index in [1.165, 1.54) is 4.40 Å². The number of pyridine rings is 1. The van der Waals surface area contributed by atoms with Crippen molar-refractivity contribution in [3.63, 3.8) is 0 Å². The van der Waals surface area contributed by atoms with Crippen molar-refractivity contribution < 1.29 is 9.90 Å². The van der Waals surface area contributed by atoms with Gasteiger partial charge in [-0.25, -0.2) is 9.78 Å². The number of hydrogen-bond acceptors (Lipinski definition) is 2. The molecule has 2 aromatic rings. The second kappa shape index (κ2) is 2.74. The average molecular weight is 197 g/mol. The molecule has 0 radical (unpaired) electrons. The van der Waals surface area contributed by atoms with Crippen LogP contribution in [0.15, 0.2) is 24.4 Å². The highest BCUT2D eigenvalue weighted by Crippen LogP contribution is 2.17. The van der Waals surface area contributed by atoms with Gasteiger partial charge in [0.1, 0.15) is 0 Å². The van der Waals surface area contributed by atoms with Crippen LogP contribution in [0.25, 0.3) is 5.52 Å². The van der Waals surface area contributed by atoms with Gasteiger partial charge >= 0.3 is 5.97 Å². The van der Waals surface area contributed by atoms with Crippen LogP contribution in [0.2, 0.25) is 5.15 Å². The predicted octanol–water partition coefficient (Wildman–Crippen LogP) is 1.69. The number of nitrogens with zero attached hydrogens (tertiary/aromatic N) is 2. The molecule has 2 heterocycles. The number of aromatic carboxylic acids is 1. The Morgan fingerprint density at radius 2 is 2.31 bits per heavy atom. The molecule has 5 heteroatoms. The number of carboxylic acids is 1. The van der Waals surface area contributed by atoms with Crippen LogP contribution in [0, 0.1) is 0 Å². The highest BCUT2D eigenvalue weighted by atomic mass is 35.5. The van der Waals surface area contributed by atoms with Crippen molar-refractivity contribution in [3.8, 4) is 0 Å². The van der Waals surface area contributed by atoms with Crippen molar-refractivity contribution in [1.82, 2.24) is 9.38 Å². The molecule has 0 fully saturated rings. The summed E-state index contributed by atoms with van der Waals surface area (Å²) in [4.78, 5) is 14.4. The Kier molecular flexibility index (Phi) is 1.70. The molecule has 0 saturated carbocycles. The standard InChI is InChI=1S/C8H5ClN2O2/c9-6-5-3-1-2-4-11(5)7(10-6)8(12)13/h1-4H,(H,12,13). The lowest BCUT2D eigenvalue weighted by Gasteiger charge is -1.93. The molecule has 4 nitrogen and oxygen atoms in total. The van der Waals surface area contributed by atoms with Gasteiger partial charge in [0.05, 0.1) is 5.52 Å². The first-order valence-corrected chi connectivity index (χ1v) is 3.94. The first-order chi connectivity index (χ1) is 6.20. The van der Waals surface area contributed by atoms with Crippen LogP contribution in [0.4, 0.5) is 0 Å². The number of carbonyl (C=O) groups is 1. The number of fused-ring (bicyclic) bond motifs is 1. The van der Waals surface area contributed by atoms with E-state index in [0.717, 1.165) is 0 Å². The fourth-order valence-corrected chi connectivity index (χ4v) is 1.38. The minimum Gasteiger partial charge on any atom is -0.475 e. The van der Waals surface area contributed by atoms with Gasteiger partial charge in [0, 0.05) is 6.20 Å². The van der Waals surface area contributed by atoms with E-state index < -0.39 is 5.97 Å². The fourth-order valence-electron chi connectivity index (χ4n) is 1.15. The zero-order valence-electron chi connectivity index (χ0n) is 6.44. The maximum Gasteiger partial charge on any atom is 0.372 e. The summed E-state index contributed by atoms with van der Waals surface area (Å²) in [5, 5.41) is 8.96. The molecule has 0 saturated heterocycles. The van der Waals surface area contributed by atoms with E-state index >= 15 is 0 Å². The number of aromatic nitrogens is 2. The van der Waals surface area contributed by atoms with Crippen LogP contribution in [0.1, 0.15) is 10.6 Å². The maximum atomic E-state index is 10.7. The minimum absolute atomic E-state index is 0.0689. The Morgan fingerprint density at radius 1 is 1.54 bits per heavy atom. The summed E-state index contributed by atoms with van der Waals surface area (Å²) >= 11 is 5.73. The normalized spacial score (nSPS) is 10.5. The van der Waals surface area contributed by atoms with Crippen LogP contribution in [-0.2, 0) is 0 Å². The minimum atomic E-state index is -1.09. The van der Waals surface area contributed by atoms with E-state index in [-0.39, 0.29) is 11.0 Å². The van der Waals surface area contributed by atoms with Gasteiger partial charge in [-0.2, -0.15) is 0 Å². The van der Waals surface area contributed by atoms with E-state index in [2.05, 4.69) is 4.98 Å². The Bertz CT molecular complexity index is 478. The van der Waals surface area contributed by atoms with Gasteiger partial charge in [-0.15, -0.1) is 0 Å². The molecular weight excluding hydrogens is 192 g/mol. The van der Waals surface area contributed by atoms with E-state index in [4.69, 9.17) is 16.7 Å². The number of carboxylic acid groups (broad SMARTS) is 1. The van der Waals surface area contributed by atoms with Crippen LogP contribution in [0.5, 0.6) is 0 Å². The molecule has 13 heavy (non-hydrogen) atoms. The molecule has 0 aliphatic carbocycles. The van der Waals surface area contributed by atoms with Gasteiger partial charge in [0.25, 0.3) is 0 Å².